The molecule has 5 nitrogen and oxygen atoms in total. The van der Waals surface area contributed by atoms with Crippen LogP contribution < -0.4 is 5.32 Å². The molecule has 94 valence electrons. The summed E-state index contributed by atoms with van der Waals surface area (Å²) < 4.78 is 0. The first-order valence-corrected chi connectivity index (χ1v) is 5.94. The molecule has 5 heteroatoms. The molecule has 0 aliphatic carbocycles. The van der Waals surface area contributed by atoms with Crippen molar-refractivity contribution in [1.29, 1.82) is 0 Å². The first-order valence-electron chi connectivity index (χ1n) is 5.94. The van der Waals surface area contributed by atoms with Crippen molar-refractivity contribution in [2.45, 2.75) is 33.1 Å². The quantitative estimate of drug-likeness (QED) is 0.449. The number of unbranched alkanes of at least 4 members (excludes halogenated alkanes) is 1. The van der Waals surface area contributed by atoms with E-state index in [0.717, 1.165) is 24.6 Å². The fraction of sp³-hybridized carbons (Fsp3) is 0.583. The van der Waals surface area contributed by atoms with Crippen molar-refractivity contribution in [3.05, 3.63) is 28.4 Å². The topological polar surface area (TPSA) is 68.1 Å². The van der Waals surface area contributed by atoms with Gasteiger partial charge in [-0.25, -0.2) is 0 Å². The maximum atomic E-state index is 10.4. The van der Waals surface area contributed by atoms with E-state index in [1.165, 1.54) is 25.1 Å². The molecule has 0 amide bonds. The first kappa shape index (κ1) is 13.4. The molecule has 1 rings (SSSR count). The van der Waals surface area contributed by atoms with Crippen molar-refractivity contribution in [2.75, 3.05) is 11.9 Å². The second-order valence-electron chi connectivity index (χ2n) is 4.48. The van der Waals surface area contributed by atoms with E-state index in [9.17, 15) is 10.1 Å². The lowest BCUT2D eigenvalue weighted by molar-refractivity contribution is -0.389. The van der Waals surface area contributed by atoms with Gasteiger partial charge in [0.15, 0.2) is 6.20 Å². The molecule has 0 bridgehead atoms. The highest BCUT2D eigenvalue weighted by Crippen LogP contribution is 2.12. The Bertz CT molecular complexity index is 349. The van der Waals surface area contributed by atoms with Crippen molar-refractivity contribution in [3.8, 4) is 0 Å². The summed E-state index contributed by atoms with van der Waals surface area (Å²) in [5, 5.41) is 13.6. The molecule has 0 unspecified atom stereocenters. The van der Waals surface area contributed by atoms with Crippen LogP contribution in [0.4, 0.5) is 11.5 Å². The van der Waals surface area contributed by atoms with E-state index in [4.69, 9.17) is 0 Å². The van der Waals surface area contributed by atoms with Crippen LogP contribution in [-0.4, -0.2) is 16.5 Å². The van der Waals surface area contributed by atoms with Crippen LogP contribution in [0.5, 0.6) is 0 Å². The summed E-state index contributed by atoms with van der Waals surface area (Å²) in [4.78, 5) is 13.6. The van der Waals surface area contributed by atoms with Gasteiger partial charge in [-0.2, -0.15) is 0 Å². The number of hydrogen-bond acceptors (Lipinski definition) is 4. The number of hydrogen-bond donors (Lipinski definition) is 1. The summed E-state index contributed by atoms with van der Waals surface area (Å²) >= 11 is 0. The molecular formula is C12H19N3O2. The molecule has 0 aliphatic heterocycles. The van der Waals surface area contributed by atoms with Crippen LogP contribution in [0.15, 0.2) is 18.3 Å². The highest BCUT2D eigenvalue weighted by Gasteiger charge is 2.05. The molecule has 0 saturated carbocycles. The number of nitrogens with one attached hydrogen (secondary N) is 1. The van der Waals surface area contributed by atoms with Crippen LogP contribution in [0.25, 0.3) is 0 Å². The number of rotatable bonds is 7. The minimum Gasteiger partial charge on any atom is -0.382 e. The fourth-order valence-corrected chi connectivity index (χ4v) is 1.51. The van der Waals surface area contributed by atoms with Gasteiger partial charge in [0.05, 0.1) is 5.69 Å². The number of nitro groups is 1. The molecule has 0 radical (unpaired) electrons. The van der Waals surface area contributed by atoms with Crippen LogP contribution in [0.3, 0.4) is 0 Å². The minimum atomic E-state index is -0.494. The van der Waals surface area contributed by atoms with Gasteiger partial charge in [0, 0.05) is 12.6 Å². The molecular weight excluding hydrogens is 218 g/mol. The second-order valence-corrected chi connectivity index (χ2v) is 4.48. The van der Waals surface area contributed by atoms with Gasteiger partial charge < -0.3 is 15.4 Å². The number of nitrogens with zero attached hydrogens (tertiary/aromatic N) is 2. The Balaban J connectivity index is 2.25. The van der Waals surface area contributed by atoms with E-state index in [-0.39, 0.29) is 5.82 Å². The molecule has 0 spiro atoms. The summed E-state index contributed by atoms with van der Waals surface area (Å²) in [6.45, 7) is 5.31. The molecule has 1 N–H and O–H groups in total. The average Bonchev–Trinajstić information content (AvgIpc) is 2.29. The summed E-state index contributed by atoms with van der Waals surface area (Å²) in [6, 6.07) is 3.10. The van der Waals surface area contributed by atoms with E-state index >= 15 is 0 Å². The lowest BCUT2D eigenvalue weighted by Crippen LogP contribution is -2.03. The van der Waals surface area contributed by atoms with Gasteiger partial charge in [-0.1, -0.05) is 26.7 Å². The zero-order valence-corrected chi connectivity index (χ0v) is 10.3. The Kier molecular flexibility index (Phi) is 5.39. The predicted molar refractivity (Wildman–Crippen MR) is 68.1 cm³/mol. The minimum absolute atomic E-state index is 0.115. The monoisotopic (exact) mass is 237 g/mol. The average molecular weight is 237 g/mol. The van der Waals surface area contributed by atoms with E-state index in [1.54, 1.807) is 6.07 Å². The van der Waals surface area contributed by atoms with Crippen LogP contribution in [0.2, 0.25) is 0 Å². The fourth-order valence-electron chi connectivity index (χ4n) is 1.51. The van der Waals surface area contributed by atoms with Crippen molar-refractivity contribution < 1.29 is 4.92 Å². The van der Waals surface area contributed by atoms with Gasteiger partial charge in [-0.3, -0.25) is 0 Å². The van der Waals surface area contributed by atoms with Crippen molar-refractivity contribution >= 4 is 11.5 Å². The SMILES string of the molecule is CC(C)CCCCNc1ccc([N+](=O)[O-])nc1. The van der Waals surface area contributed by atoms with Crippen molar-refractivity contribution in [1.82, 2.24) is 4.98 Å². The third-order valence-electron chi connectivity index (χ3n) is 2.47. The lowest BCUT2D eigenvalue weighted by atomic mass is 10.1. The zero-order chi connectivity index (χ0) is 12.7. The van der Waals surface area contributed by atoms with Crippen molar-refractivity contribution in [3.63, 3.8) is 0 Å². The zero-order valence-electron chi connectivity index (χ0n) is 10.3. The molecule has 1 aromatic rings. The van der Waals surface area contributed by atoms with E-state index in [0.29, 0.717) is 0 Å². The van der Waals surface area contributed by atoms with Crippen LogP contribution >= 0.6 is 0 Å². The van der Waals surface area contributed by atoms with E-state index < -0.39 is 4.92 Å². The van der Waals surface area contributed by atoms with E-state index in [1.807, 2.05) is 0 Å². The molecule has 0 aromatic carbocycles. The van der Waals surface area contributed by atoms with Gasteiger partial charge in [0.2, 0.25) is 0 Å². The molecule has 0 fully saturated rings. The number of pyridine rings is 1. The van der Waals surface area contributed by atoms with E-state index in [2.05, 4.69) is 24.1 Å². The Morgan fingerprint density at radius 1 is 1.41 bits per heavy atom. The van der Waals surface area contributed by atoms with Crippen LogP contribution in [0.1, 0.15) is 33.1 Å². The van der Waals surface area contributed by atoms with Gasteiger partial charge >= 0.3 is 5.82 Å². The highest BCUT2D eigenvalue weighted by atomic mass is 16.6. The summed E-state index contributed by atoms with van der Waals surface area (Å²) in [5.74, 6) is 0.631. The summed E-state index contributed by atoms with van der Waals surface area (Å²) in [5.41, 5.74) is 0.833. The normalized spacial score (nSPS) is 10.5. The highest BCUT2D eigenvalue weighted by molar-refractivity contribution is 5.43. The standard InChI is InChI=1S/C12H19N3O2/c1-10(2)5-3-4-8-13-11-6-7-12(14-9-11)15(16)17/h6-7,9-10,13H,3-5,8H2,1-2H3. The summed E-state index contributed by atoms with van der Waals surface area (Å²) in [7, 11) is 0. The largest absolute Gasteiger partial charge is 0.382 e. The van der Waals surface area contributed by atoms with Gasteiger partial charge in [0.25, 0.3) is 0 Å². The third-order valence-corrected chi connectivity index (χ3v) is 2.47. The smallest absolute Gasteiger partial charge is 0.363 e. The van der Waals surface area contributed by atoms with Crippen LogP contribution in [0, 0.1) is 16.0 Å². The molecule has 1 aromatic heterocycles. The van der Waals surface area contributed by atoms with Gasteiger partial charge in [-0.15, -0.1) is 0 Å². The Morgan fingerprint density at radius 2 is 2.18 bits per heavy atom. The lowest BCUT2D eigenvalue weighted by Gasteiger charge is -2.06. The second kappa shape index (κ2) is 6.83. The van der Waals surface area contributed by atoms with Crippen molar-refractivity contribution in [2.24, 2.45) is 5.92 Å². The number of aromatic nitrogens is 1. The Hall–Kier alpha value is -1.65. The Morgan fingerprint density at radius 3 is 2.71 bits per heavy atom. The Labute approximate surface area is 101 Å². The first-order chi connectivity index (χ1) is 8.09. The molecule has 0 atom stereocenters. The molecule has 1 heterocycles. The summed E-state index contributed by atoms with van der Waals surface area (Å²) in [6.07, 6.45) is 5.04. The number of anilines is 1. The molecule has 17 heavy (non-hydrogen) atoms. The molecule has 0 aliphatic rings. The van der Waals surface area contributed by atoms with Gasteiger partial charge in [-0.05, 0) is 28.3 Å². The maximum absolute atomic E-state index is 10.4. The maximum Gasteiger partial charge on any atom is 0.363 e. The molecule has 0 saturated heterocycles. The van der Waals surface area contributed by atoms with Crippen LogP contribution in [-0.2, 0) is 0 Å². The van der Waals surface area contributed by atoms with Gasteiger partial charge in [0.1, 0.15) is 0 Å². The third kappa shape index (κ3) is 5.29. The predicted octanol–water partition coefficient (Wildman–Crippen LogP) is 3.23.